The first-order chi connectivity index (χ1) is 7.78. The lowest BCUT2D eigenvalue weighted by atomic mass is 10.3. The van der Waals surface area contributed by atoms with Crippen LogP contribution in [-0.2, 0) is 13.1 Å². The molecule has 0 saturated carbocycles. The van der Waals surface area contributed by atoms with Crippen LogP contribution >= 0.6 is 15.9 Å². The number of rotatable bonds is 4. The van der Waals surface area contributed by atoms with Gasteiger partial charge in [0.25, 0.3) is 0 Å². The Bertz CT molecular complexity index is 467. The van der Waals surface area contributed by atoms with Crippen molar-refractivity contribution in [3.05, 3.63) is 46.5 Å². The van der Waals surface area contributed by atoms with Crippen LogP contribution in [-0.4, -0.2) is 21.8 Å². The second kappa shape index (κ2) is 5.23. The summed E-state index contributed by atoms with van der Waals surface area (Å²) in [6.07, 6.45) is 5.61. The Morgan fingerprint density at radius 1 is 1.44 bits per heavy atom. The Kier molecular flexibility index (Phi) is 3.69. The highest BCUT2D eigenvalue weighted by atomic mass is 79.9. The molecule has 0 bridgehead atoms. The lowest BCUT2D eigenvalue weighted by Crippen LogP contribution is -2.07. The van der Waals surface area contributed by atoms with Gasteiger partial charge in [0.2, 0.25) is 0 Å². The molecule has 0 aromatic carbocycles. The zero-order valence-electron chi connectivity index (χ0n) is 9.02. The first-order valence-corrected chi connectivity index (χ1v) is 5.83. The van der Waals surface area contributed by atoms with Gasteiger partial charge >= 0.3 is 0 Å². The number of nitrogens with zero attached hydrogens (tertiary/aromatic N) is 3. The van der Waals surface area contributed by atoms with E-state index in [2.05, 4.69) is 31.3 Å². The van der Waals surface area contributed by atoms with E-state index in [1.807, 2.05) is 36.3 Å². The van der Waals surface area contributed by atoms with Gasteiger partial charge in [0, 0.05) is 29.6 Å². The maximum Gasteiger partial charge on any atom is 0.0762 e. The van der Waals surface area contributed by atoms with Gasteiger partial charge in [-0.2, -0.15) is 5.10 Å². The Hall–Kier alpha value is -1.20. The van der Waals surface area contributed by atoms with Crippen LogP contribution < -0.4 is 5.32 Å². The van der Waals surface area contributed by atoms with Gasteiger partial charge in [0.05, 0.1) is 12.2 Å². The summed E-state index contributed by atoms with van der Waals surface area (Å²) in [5.41, 5.74) is 2.18. The first-order valence-electron chi connectivity index (χ1n) is 5.04. The zero-order chi connectivity index (χ0) is 11.4. The Balaban J connectivity index is 2.08. The van der Waals surface area contributed by atoms with Crippen LogP contribution in [0.5, 0.6) is 0 Å². The van der Waals surface area contributed by atoms with E-state index in [0.717, 1.165) is 28.8 Å². The average Bonchev–Trinajstić information content (AvgIpc) is 2.66. The molecule has 0 aliphatic heterocycles. The molecule has 84 valence electrons. The highest BCUT2D eigenvalue weighted by Crippen LogP contribution is 2.10. The molecule has 0 aliphatic rings. The molecule has 2 aromatic rings. The quantitative estimate of drug-likeness (QED) is 0.929. The van der Waals surface area contributed by atoms with Crippen LogP contribution in [0.3, 0.4) is 0 Å². The van der Waals surface area contributed by atoms with E-state index in [0.29, 0.717) is 0 Å². The van der Waals surface area contributed by atoms with Gasteiger partial charge in [-0.1, -0.05) is 0 Å². The minimum Gasteiger partial charge on any atom is -0.314 e. The fraction of sp³-hybridized carbons (Fsp3) is 0.273. The number of halogens is 1. The third-order valence-corrected chi connectivity index (χ3v) is 2.59. The van der Waals surface area contributed by atoms with Crippen molar-refractivity contribution in [2.45, 2.75) is 13.1 Å². The van der Waals surface area contributed by atoms with Crippen LogP contribution in [0, 0.1) is 0 Å². The summed E-state index contributed by atoms with van der Waals surface area (Å²) in [6.45, 7) is 1.54. The highest BCUT2D eigenvalue weighted by Gasteiger charge is 2.00. The number of hydrogen-bond acceptors (Lipinski definition) is 3. The maximum atomic E-state index is 4.44. The number of pyridine rings is 1. The molecule has 0 amide bonds. The van der Waals surface area contributed by atoms with Crippen molar-refractivity contribution in [2.24, 2.45) is 0 Å². The van der Waals surface area contributed by atoms with Gasteiger partial charge in [-0.05, 0) is 40.7 Å². The minimum atomic E-state index is 0.746. The molecule has 0 fully saturated rings. The summed E-state index contributed by atoms with van der Waals surface area (Å²) in [5.74, 6) is 0. The molecule has 2 heterocycles. The van der Waals surface area contributed by atoms with Gasteiger partial charge in [-0.25, -0.2) is 0 Å². The molecule has 2 rings (SSSR count). The molecule has 0 aliphatic carbocycles. The Labute approximate surface area is 103 Å². The SMILES string of the molecule is CNCc1ccn(Cc2cncc(Br)c2)n1. The normalized spacial score (nSPS) is 10.6. The molecule has 0 unspecified atom stereocenters. The van der Waals surface area contributed by atoms with Crippen LogP contribution in [0.15, 0.2) is 35.2 Å². The average molecular weight is 281 g/mol. The summed E-state index contributed by atoms with van der Waals surface area (Å²) in [7, 11) is 1.91. The Morgan fingerprint density at radius 2 is 2.31 bits per heavy atom. The van der Waals surface area contributed by atoms with E-state index in [-0.39, 0.29) is 0 Å². The van der Waals surface area contributed by atoms with Gasteiger partial charge in [-0.3, -0.25) is 9.67 Å². The van der Waals surface area contributed by atoms with Crippen LogP contribution in [0.4, 0.5) is 0 Å². The summed E-state index contributed by atoms with van der Waals surface area (Å²) in [6, 6.07) is 4.06. The summed E-state index contributed by atoms with van der Waals surface area (Å²) in [5, 5.41) is 7.51. The highest BCUT2D eigenvalue weighted by molar-refractivity contribution is 9.10. The van der Waals surface area contributed by atoms with E-state index in [1.54, 1.807) is 6.20 Å². The van der Waals surface area contributed by atoms with Crippen molar-refractivity contribution in [2.75, 3.05) is 7.05 Å². The summed E-state index contributed by atoms with van der Waals surface area (Å²) in [4.78, 5) is 4.12. The minimum absolute atomic E-state index is 0.746. The third-order valence-electron chi connectivity index (χ3n) is 2.16. The summed E-state index contributed by atoms with van der Waals surface area (Å²) >= 11 is 3.40. The summed E-state index contributed by atoms with van der Waals surface area (Å²) < 4.78 is 2.91. The monoisotopic (exact) mass is 280 g/mol. The van der Waals surface area contributed by atoms with Gasteiger partial charge in [-0.15, -0.1) is 0 Å². The number of aromatic nitrogens is 3. The third kappa shape index (κ3) is 2.90. The first kappa shape index (κ1) is 11.3. The van der Waals surface area contributed by atoms with Crippen molar-refractivity contribution in [1.82, 2.24) is 20.1 Å². The lowest BCUT2D eigenvalue weighted by Gasteiger charge is -2.01. The van der Waals surface area contributed by atoms with Crippen molar-refractivity contribution < 1.29 is 0 Å². The smallest absolute Gasteiger partial charge is 0.0762 e. The standard InChI is InChI=1S/C11H13BrN4/c1-13-7-11-2-3-16(15-11)8-9-4-10(12)6-14-5-9/h2-6,13H,7-8H2,1H3. The van der Waals surface area contributed by atoms with Gasteiger partial charge in [0.1, 0.15) is 0 Å². The van der Waals surface area contributed by atoms with E-state index in [1.165, 1.54) is 0 Å². The van der Waals surface area contributed by atoms with Crippen LogP contribution in [0.1, 0.15) is 11.3 Å². The molecule has 0 atom stereocenters. The van der Waals surface area contributed by atoms with E-state index in [4.69, 9.17) is 0 Å². The van der Waals surface area contributed by atoms with Crippen molar-refractivity contribution in [1.29, 1.82) is 0 Å². The zero-order valence-corrected chi connectivity index (χ0v) is 10.6. The van der Waals surface area contributed by atoms with Gasteiger partial charge < -0.3 is 5.32 Å². The molecule has 2 aromatic heterocycles. The molecule has 1 N–H and O–H groups in total. The molecule has 0 spiro atoms. The van der Waals surface area contributed by atoms with E-state index in [9.17, 15) is 0 Å². The molecular weight excluding hydrogens is 268 g/mol. The van der Waals surface area contributed by atoms with E-state index < -0.39 is 0 Å². The predicted octanol–water partition coefficient (Wildman–Crippen LogP) is 1.81. The number of nitrogens with one attached hydrogen (secondary N) is 1. The van der Waals surface area contributed by atoms with Gasteiger partial charge in [0.15, 0.2) is 0 Å². The fourth-order valence-corrected chi connectivity index (χ4v) is 1.91. The topological polar surface area (TPSA) is 42.7 Å². The van der Waals surface area contributed by atoms with E-state index >= 15 is 0 Å². The lowest BCUT2D eigenvalue weighted by molar-refractivity contribution is 0.657. The molecule has 0 radical (unpaired) electrons. The predicted molar refractivity (Wildman–Crippen MR) is 66.0 cm³/mol. The maximum absolute atomic E-state index is 4.44. The van der Waals surface area contributed by atoms with Crippen LogP contribution in [0.2, 0.25) is 0 Å². The fourth-order valence-electron chi connectivity index (χ4n) is 1.50. The Morgan fingerprint density at radius 3 is 3.06 bits per heavy atom. The molecule has 0 saturated heterocycles. The van der Waals surface area contributed by atoms with Crippen molar-refractivity contribution >= 4 is 15.9 Å². The molecule has 5 heteroatoms. The second-order valence-electron chi connectivity index (χ2n) is 3.55. The van der Waals surface area contributed by atoms with Crippen molar-refractivity contribution in [3.8, 4) is 0 Å². The second-order valence-corrected chi connectivity index (χ2v) is 4.46. The number of hydrogen-bond donors (Lipinski definition) is 1. The molecule has 16 heavy (non-hydrogen) atoms. The molecule has 4 nitrogen and oxygen atoms in total. The molecular formula is C11H13BrN4. The van der Waals surface area contributed by atoms with Crippen molar-refractivity contribution in [3.63, 3.8) is 0 Å². The largest absolute Gasteiger partial charge is 0.314 e. The van der Waals surface area contributed by atoms with Crippen LogP contribution in [0.25, 0.3) is 0 Å².